The minimum absolute atomic E-state index is 0.190. The van der Waals surface area contributed by atoms with Crippen molar-refractivity contribution >= 4 is 61.3 Å². The van der Waals surface area contributed by atoms with Crippen molar-refractivity contribution < 1.29 is 8.42 Å². The molecule has 1 unspecified atom stereocenters. The molecule has 178 valence electrons. The lowest BCUT2D eigenvalue weighted by Crippen LogP contribution is -2.30. The highest BCUT2D eigenvalue weighted by atomic mass is 35.5. The number of sulfonamides is 1. The average Bonchev–Trinajstić information content (AvgIpc) is 3.41. The molecule has 1 aliphatic heterocycles. The zero-order valence-electron chi connectivity index (χ0n) is 18.7. The molecular weight excluding hydrogens is 494 g/mol. The van der Waals surface area contributed by atoms with E-state index in [4.69, 9.17) is 21.6 Å². The van der Waals surface area contributed by atoms with Crippen LogP contribution in [0, 0.1) is 5.92 Å². The van der Waals surface area contributed by atoms with Crippen LogP contribution in [0.1, 0.15) is 19.0 Å². The van der Waals surface area contributed by atoms with Gasteiger partial charge in [0.05, 0.1) is 27.7 Å². The maximum Gasteiger partial charge on any atom is 0.208 e. The molecule has 0 aromatic carbocycles. The summed E-state index contributed by atoms with van der Waals surface area (Å²) in [5.74, 6) is 0.956. The number of nitrogens with zero attached hydrogens (tertiary/aromatic N) is 5. The average molecular weight is 518 g/mol. The van der Waals surface area contributed by atoms with Crippen LogP contribution in [0.2, 0.25) is 5.02 Å². The number of hydrogen-bond donors (Lipinski definition) is 2. The third-order valence-corrected chi connectivity index (χ3v) is 7.76. The van der Waals surface area contributed by atoms with Gasteiger partial charge in [-0.05, 0) is 48.7 Å². The van der Waals surface area contributed by atoms with E-state index < -0.39 is 10.0 Å². The van der Waals surface area contributed by atoms with Gasteiger partial charge in [0.15, 0.2) is 5.16 Å². The first kappa shape index (κ1) is 23.3. The Hall–Kier alpha value is -2.47. The van der Waals surface area contributed by atoms with E-state index in [2.05, 4.69) is 24.6 Å². The number of nitrogens with one attached hydrogen (secondary N) is 2. The largest absolute Gasteiger partial charge is 0.356 e. The molecule has 0 radical (unpaired) electrons. The zero-order chi connectivity index (χ0) is 23.9. The SMILES string of the molecule is CCc1[nH]c2nc(Sc3cnc4cccnc4c3)nc(N3CCC(CNS(C)(=O)=O)C3)c2c1Cl. The molecule has 2 N–H and O–H groups in total. The van der Waals surface area contributed by atoms with Crippen LogP contribution in [0.25, 0.3) is 22.1 Å². The van der Waals surface area contributed by atoms with E-state index in [9.17, 15) is 8.42 Å². The second-order valence-corrected chi connectivity index (χ2v) is 11.6. The molecule has 5 rings (SSSR count). The minimum atomic E-state index is -3.23. The van der Waals surface area contributed by atoms with Gasteiger partial charge in [-0.1, -0.05) is 18.5 Å². The van der Waals surface area contributed by atoms with Crippen LogP contribution >= 0.6 is 23.4 Å². The van der Waals surface area contributed by atoms with Crippen LogP contribution in [-0.2, 0) is 16.4 Å². The van der Waals surface area contributed by atoms with Gasteiger partial charge < -0.3 is 9.88 Å². The van der Waals surface area contributed by atoms with E-state index in [1.807, 2.05) is 25.1 Å². The molecule has 1 fully saturated rings. The molecule has 1 saturated heterocycles. The summed E-state index contributed by atoms with van der Waals surface area (Å²) >= 11 is 8.14. The molecular formula is C22H24ClN7O2S2. The van der Waals surface area contributed by atoms with Gasteiger partial charge >= 0.3 is 0 Å². The Kier molecular flexibility index (Phi) is 6.36. The lowest BCUT2D eigenvalue weighted by Gasteiger charge is -2.19. The van der Waals surface area contributed by atoms with Crippen LogP contribution in [0.15, 0.2) is 40.6 Å². The summed E-state index contributed by atoms with van der Waals surface area (Å²) in [4.78, 5) is 24.9. The lowest BCUT2D eigenvalue weighted by atomic mass is 10.1. The third-order valence-electron chi connectivity index (χ3n) is 5.83. The Morgan fingerprint density at radius 2 is 2.15 bits per heavy atom. The highest BCUT2D eigenvalue weighted by molar-refractivity contribution is 7.99. The van der Waals surface area contributed by atoms with Crippen molar-refractivity contribution in [3.8, 4) is 0 Å². The fourth-order valence-corrected chi connectivity index (χ4v) is 5.79. The van der Waals surface area contributed by atoms with E-state index in [1.54, 1.807) is 12.4 Å². The Morgan fingerprint density at radius 1 is 1.29 bits per heavy atom. The summed E-state index contributed by atoms with van der Waals surface area (Å²) in [6, 6.07) is 5.76. The maximum absolute atomic E-state index is 11.5. The molecule has 5 heterocycles. The first-order chi connectivity index (χ1) is 16.3. The smallest absolute Gasteiger partial charge is 0.208 e. The first-order valence-corrected chi connectivity index (χ1v) is 14.1. The fourth-order valence-electron chi connectivity index (χ4n) is 4.14. The van der Waals surface area contributed by atoms with E-state index in [1.165, 1.54) is 18.0 Å². The third kappa shape index (κ3) is 4.83. The molecule has 0 amide bonds. The predicted molar refractivity (Wildman–Crippen MR) is 135 cm³/mol. The Morgan fingerprint density at radius 3 is 2.94 bits per heavy atom. The van der Waals surface area contributed by atoms with Crippen molar-refractivity contribution in [3.63, 3.8) is 0 Å². The summed E-state index contributed by atoms with van der Waals surface area (Å²) in [6.07, 6.45) is 6.33. The summed E-state index contributed by atoms with van der Waals surface area (Å²) in [6.45, 7) is 3.89. The van der Waals surface area contributed by atoms with Crippen molar-refractivity contribution in [2.75, 3.05) is 30.8 Å². The van der Waals surface area contributed by atoms with Crippen LogP contribution in [-0.4, -0.2) is 59.2 Å². The molecule has 9 nitrogen and oxygen atoms in total. The standard InChI is InChI=1S/C22H24ClN7O2S2/c1-3-15-19(23)18-20(27-15)28-22(33-14-9-17-16(25-11-14)5-4-7-24-17)29-21(18)30-8-6-13(12-30)10-26-34(2,31)32/h4-5,7,9,11,13,26H,3,6,8,10,12H2,1-2H3,(H,27,28,29). The normalized spacial score (nSPS) is 16.7. The Bertz CT molecular complexity index is 1480. The number of halogens is 1. The van der Waals surface area contributed by atoms with Crippen molar-refractivity contribution in [3.05, 3.63) is 41.3 Å². The first-order valence-electron chi connectivity index (χ1n) is 11.0. The highest BCUT2D eigenvalue weighted by Gasteiger charge is 2.28. The van der Waals surface area contributed by atoms with Crippen LogP contribution in [0.3, 0.4) is 0 Å². The van der Waals surface area contributed by atoms with Gasteiger partial charge in [-0.25, -0.2) is 23.1 Å². The van der Waals surface area contributed by atoms with Gasteiger partial charge in [-0.3, -0.25) is 9.97 Å². The molecule has 4 aromatic rings. The van der Waals surface area contributed by atoms with Gasteiger partial charge in [0, 0.05) is 42.6 Å². The summed E-state index contributed by atoms with van der Waals surface area (Å²) in [7, 11) is -3.23. The molecule has 1 aliphatic rings. The lowest BCUT2D eigenvalue weighted by molar-refractivity contribution is 0.545. The zero-order valence-corrected chi connectivity index (χ0v) is 21.1. The monoisotopic (exact) mass is 517 g/mol. The number of anilines is 1. The molecule has 12 heteroatoms. The highest BCUT2D eigenvalue weighted by Crippen LogP contribution is 2.38. The quantitative estimate of drug-likeness (QED) is 0.357. The van der Waals surface area contributed by atoms with Crippen molar-refractivity contribution in [1.29, 1.82) is 0 Å². The topological polar surface area (TPSA) is 117 Å². The van der Waals surface area contributed by atoms with Gasteiger partial charge in [-0.2, -0.15) is 0 Å². The number of rotatable bonds is 7. The van der Waals surface area contributed by atoms with Gasteiger partial charge in [0.1, 0.15) is 11.5 Å². The molecule has 0 saturated carbocycles. The number of fused-ring (bicyclic) bond motifs is 2. The number of H-pyrrole nitrogens is 1. The van der Waals surface area contributed by atoms with Gasteiger partial charge in [-0.15, -0.1) is 0 Å². The molecule has 1 atom stereocenters. The van der Waals surface area contributed by atoms with Crippen LogP contribution < -0.4 is 9.62 Å². The van der Waals surface area contributed by atoms with E-state index in [0.717, 1.165) is 52.2 Å². The van der Waals surface area contributed by atoms with Crippen molar-refractivity contribution in [1.82, 2.24) is 29.6 Å². The Balaban J connectivity index is 1.49. The summed E-state index contributed by atoms with van der Waals surface area (Å²) in [5, 5.41) is 2.02. The van der Waals surface area contributed by atoms with Crippen LogP contribution in [0.5, 0.6) is 0 Å². The fraction of sp³-hybridized carbons (Fsp3) is 0.364. The van der Waals surface area contributed by atoms with E-state index in [0.29, 0.717) is 28.9 Å². The van der Waals surface area contributed by atoms with Crippen LogP contribution in [0.4, 0.5) is 5.82 Å². The number of hydrogen-bond acceptors (Lipinski definition) is 8. The second kappa shape index (κ2) is 9.29. The second-order valence-electron chi connectivity index (χ2n) is 8.36. The minimum Gasteiger partial charge on any atom is -0.356 e. The molecule has 34 heavy (non-hydrogen) atoms. The predicted octanol–water partition coefficient (Wildman–Crippen LogP) is 3.64. The number of aromatic nitrogens is 5. The number of pyridine rings is 2. The van der Waals surface area contributed by atoms with E-state index >= 15 is 0 Å². The number of aromatic amines is 1. The molecule has 4 aromatic heterocycles. The van der Waals surface area contributed by atoms with Gasteiger partial charge in [0.2, 0.25) is 10.0 Å². The number of aryl methyl sites for hydroxylation is 1. The van der Waals surface area contributed by atoms with Gasteiger partial charge in [0.25, 0.3) is 0 Å². The van der Waals surface area contributed by atoms with Crippen molar-refractivity contribution in [2.45, 2.75) is 29.8 Å². The van der Waals surface area contributed by atoms with Crippen molar-refractivity contribution in [2.24, 2.45) is 5.92 Å². The molecule has 0 bridgehead atoms. The molecule has 0 aliphatic carbocycles. The Labute approximate surface area is 206 Å². The van der Waals surface area contributed by atoms with E-state index in [-0.39, 0.29) is 5.92 Å². The maximum atomic E-state index is 11.5. The summed E-state index contributed by atoms with van der Waals surface area (Å²) in [5.41, 5.74) is 3.25. The summed E-state index contributed by atoms with van der Waals surface area (Å²) < 4.78 is 25.7. The molecule has 0 spiro atoms.